The number of benzene rings is 1. The number of nitrogens with zero attached hydrogens (tertiary/aromatic N) is 2. The molecule has 0 aromatic heterocycles. The van der Waals surface area contributed by atoms with Crippen LogP contribution in [0.15, 0.2) is 18.2 Å². The average molecular weight is 244 g/mol. The summed E-state index contributed by atoms with van der Waals surface area (Å²) >= 11 is 0. The Morgan fingerprint density at radius 3 is 2.94 bits per heavy atom. The molecule has 0 aliphatic carbocycles. The minimum absolute atomic E-state index is 0.00794. The fourth-order valence-electron chi connectivity index (χ4n) is 2.55. The Morgan fingerprint density at radius 1 is 1.39 bits per heavy atom. The lowest BCUT2D eigenvalue weighted by Crippen LogP contribution is -2.25. The first-order valence-corrected chi connectivity index (χ1v) is 6.63. The third-order valence-corrected chi connectivity index (χ3v) is 3.72. The molecule has 0 amide bonds. The fourth-order valence-corrected chi connectivity index (χ4v) is 2.55. The quantitative estimate of drug-likeness (QED) is 0.870. The summed E-state index contributed by atoms with van der Waals surface area (Å²) in [7, 11) is 0. The van der Waals surface area contributed by atoms with Crippen LogP contribution in [0.1, 0.15) is 37.3 Å². The van der Waals surface area contributed by atoms with Crippen molar-refractivity contribution in [2.24, 2.45) is 5.92 Å². The second-order valence-corrected chi connectivity index (χ2v) is 5.14. The van der Waals surface area contributed by atoms with Crippen LogP contribution in [-0.4, -0.2) is 18.2 Å². The maximum Gasteiger partial charge on any atom is 0.101 e. The van der Waals surface area contributed by atoms with Crippen LogP contribution in [0.4, 0.5) is 5.69 Å². The highest BCUT2D eigenvalue weighted by atomic mass is 16.3. The van der Waals surface area contributed by atoms with Crippen molar-refractivity contribution in [2.75, 3.05) is 18.0 Å². The van der Waals surface area contributed by atoms with E-state index in [4.69, 9.17) is 5.11 Å². The number of rotatable bonds is 2. The number of aliphatic hydroxyl groups excluding tert-OH is 1. The second kappa shape index (κ2) is 5.88. The van der Waals surface area contributed by atoms with Gasteiger partial charge in [0.15, 0.2) is 0 Å². The Balaban J connectivity index is 2.24. The van der Waals surface area contributed by atoms with E-state index >= 15 is 0 Å². The predicted molar refractivity (Wildman–Crippen MR) is 72.3 cm³/mol. The first kappa shape index (κ1) is 12.9. The summed E-state index contributed by atoms with van der Waals surface area (Å²) in [6.45, 7) is 4.33. The third kappa shape index (κ3) is 2.83. The van der Waals surface area contributed by atoms with E-state index in [9.17, 15) is 5.26 Å². The average Bonchev–Trinajstić information content (AvgIpc) is 2.62. The molecule has 1 saturated heterocycles. The summed E-state index contributed by atoms with van der Waals surface area (Å²) in [5.41, 5.74) is 2.50. The van der Waals surface area contributed by atoms with Crippen molar-refractivity contribution in [3.63, 3.8) is 0 Å². The maximum absolute atomic E-state index is 9.23. The van der Waals surface area contributed by atoms with Crippen LogP contribution < -0.4 is 4.90 Å². The van der Waals surface area contributed by atoms with Crippen molar-refractivity contribution in [2.45, 2.75) is 32.8 Å². The van der Waals surface area contributed by atoms with Gasteiger partial charge in [-0.3, -0.25) is 0 Å². The molecule has 1 unspecified atom stereocenters. The molecule has 18 heavy (non-hydrogen) atoms. The standard InChI is InChI=1S/C15H20N2O/c1-12-3-2-7-17(8-6-12)15-5-4-13(11-18)9-14(15)10-16/h4-5,9,12,18H,2-3,6-8,11H2,1H3. The molecule has 1 aliphatic rings. The van der Waals surface area contributed by atoms with E-state index in [2.05, 4.69) is 17.9 Å². The number of hydrogen-bond acceptors (Lipinski definition) is 3. The molecule has 1 aromatic rings. The van der Waals surface area contributed by atoms with E-state index in [-0.39, 0.29) is 6.61 Å². The summed E-state index contributed by atoms with van der Waals surface area (Å²) in [5, 5.41) is 18.3. The van der Waals surface area contributed by atoms with Crippen LogP contribution >= 0.6 is 0 Å². The Morgan fingerprint density at radius 2 is 2.22 bits per heavy atom. The lowest BCUT2D eigenvalue weighted by molar-refractivity contribution is 0.282. The highest BCUT2D eigenvalue weighted by molar-refractivity contribution is 5.60. The van der Waals surface area contributed by atoms with Gasteiger partial charge < -0.3 is 10.0 Å². The number of hydrogen-bond donors (Lipinski definition) is 1. The molecule has 1 aliphatic heterocycles. The van der Waals surface area contributed by atoms with Crippen LogP contribution in [0, 0.1) is 17.2 Å². The van der Waals surface area contributed by atoms with Crippen LogP contribution in [0.3, 0.4) is 0 Å². The Kier molecular flexibility index (Phi) is 4.22. The lowest BCUT2D eigenvalue weighted by Gasteiger charge is -2.24. The van der Waals surface area contributed by atoms with Crippen molar-refractivity contribution in [1.82, 2.24) is 0 Å². The van der Waals surface area contributed by atoms with Gasteiger partial charge in [0.2, 0.25) is 0 Å². The van der Waals surface area contributed by atoms with Crippen molar-refractivity contribution in [3.8, 4) is 6.07 Å². The van der Waals surface area contributed by atoms with Gasteiger partial charge in [-0.1, -0.05) is 13.0 Å². The van der Waals surface area contributed by atoms with Crippen LogP contribution in [0.5, 0.6) is 0 Å². The number of nitriles is 1. The zero-order valence-electron chi connectivity index (χ0n) is 10.9. The SMILES string of the molecule is CC1CCCN(c2ccc(CO)cc2C#N)CC1. The molecule has 1 atom stereocenters. The maximum atomic E-state index is 9.23. The van der Waals surface area contributed by atoms with Crippen molar-refractivity contribution < 1.29 is 5.11 Å². The fraction of sp³-hybridized carbons (Fsp3) is 0.533. The summed E-state index contributed by atoms with van der Waals surface area (Å²) in [6, 6.07) is 7.92. The van der Waals surface area contributed by atoms with Gasteiger partial charge in [0.05, 0.1) is 17.9 Å². The normalized spacial score (nSPS) is 20.3. The van der Waals surface area contributed by atoms with Gasteiger partial charge in [-0.25, -0.2) is 0 Å². The van der Waals surface area contributed by atoms with Gasteiger partial charge in [0.25, 0.3) is 0 Å². The molecular weight excluding hydrogens is 224 g/mol. The Bertz CT molecular complexity index is 450. The Labute approximate surface area is 109 Å². The molecule has 1 fully saturated rings. The Hall–Kier alpha value is -1.53. The monoisotopic (exact) mass is 244 g/mol. The predicted octanol–water partition coefficient (Wildman–Crippen LogP) is 2.68. The van der Waals surface area contributed by atoms with Gasteiger partial charge in [-0.15, -0.1) is 0 Å². The molecule has 96 valence electrons. The van der Waals surface area contributed by atoms with Crippen LogP contribution in [-0.2, 0) is 6.61 Å². The zero-order chi connectivity index (χ0) is 13.0. The molecule has 1 N–H and O–H groups in total. The first-order valence-electron chi connectivity index (χ1n) is 6.63. The zero-order valence-corrected chi connectivity index (χ0v) is 10.9. The van der Waals surface area contributed by atoms with Crippen molar-refractivity contribution in [1.29, 1.82) is 5.26 Å². The number of anilines is 1. The van der Waals surface area contributed by atoms with E-state index in [1.807, 2.05) is 12.1 Å². The van der Waals surface area contributed by atoms with E-state index in [0.717, 1.165) is 30.3 Å². The largest absolute Gasteiger partial charge is 0.392 e. The molecule has 2 rings (SSSR count). The van der Waals surface area contributed by atoms with Gasteiger partial charge in [0.1, 0.15) is 6.07 Å². The minimum atomic E-state index is -0.00794. The topological polar surface area (TPSA) is 47.3 Å². The van der Waals surface area contributed by atoms with Crippen LogP contribution in [0.25, 0.3) is 0 Å². The molecule has 1 heterocycles. The van der Waals surface area contributed by atoms with E-state index in [1.165, 1.54) is 19.3 Å². The smallest absolute Gasteiger partial charge is 0.101 e. The molecular formula is C15H20N2O. The van der Waals surface area contributed by atoms with Gasteiger partial charge in [0, 0.05) is 13.1 Å². The highest BCUT2D eigenvalue weighted by Gasteiger charge is 2.16. The molecule has 3 nitrogen and oxygen atoms in total. The summed E-state index contributed by atoms with van der Waals surface area (Å²) < 4.78 is 0. The first-order chi connectivity index (χ1) is 8.74. The molecule has 0 saturated carbocycles. The minimum Gasteiger partial charge on any atom is -0.392 e. The highest BCUT2D eigenvalue weighted by Crippen LogP contribution is 2.26. The summed E-state index contributed by atoms with van der Waals surface area (Å²) in [5.74, 6) is 0.775. The van der Waals surface area contributed by atoms with Crippen molar-refractivity contribution >= 4 is 5.69 Å². The molecule has 3 heteroatoms. The van der Waals surface area contributed by atoms with Gasteiger partial charge in [-0.2, -0.15) is 5.26 Å². The molecule has 1 aromatic carbocycles. The van der Waals surface area contributed by atoms with E-state index < -0.39 is 0 Å². The van der Waals surface area contributed by atoms with E-state index in [1.54, 1.807) is 6.07 Å². The third-order valence-electron chi connectivity index (χ3n) is 3.72. The lowest BCUT2D eigenvalue weighted by atomic mass is 10.0. The molecule has 0 spiro atoms. The van der Waals surface area contributed by atoms with Gasteiger partial charge >= 0.3 is 0 Å². The van der Waals surface area contributed by atoms with E-state index in [0.29, 0.717) is 5.56 Å². The van der Waals surface area contributed by atoms with Crippen LogP contribution in [0.2, 0.25) is 0 Å². The summed E-state index contributed by atoms with van der Waals surface area (Å²) in [6.07, 6.45) is 3.65. The second-order valence-electron chi connectivity index (χ2n) is 5.14. The van der Waals surface area contributed by atoms with Gasteiger partial charge in [-0.05, 0) is 42.9 Å². The van der Waals surface area contributed by atoms with Crippen molar-refractivity contribution in [3.05, 3.63) is 29.3 Å². The molecule has 0 radical (unpaired) electrons. The summed E-state index contributed by atoms with van der Waals surface area (Å²) in [4.78, 5) is 2.31. The molecule has 0 bridgehead atoms. The number of aliphatic hydroxyl groups is 1.